The van der Waals surface area contributed by atoms with E-state index in [0.29, 0.717) is 39.0 Å². The summed E-state index contributed by atoms with van der Waals surface area (Å²) in [7, 11) is -3.96. The molecule has 0 saturated carbocycles. The Morgan fingerprint density at radius 3 is 2.24 bits per heavy atom. The molecular formula is C26H36N4O6S. The second kappa shape index (κ2) is 12.2. The van der Waals surface area contributed by atoms with Crippen LogP contribution in [0, 0.1) is 5.92 Å². The van der Waals surface area contributed by atoms with Gasteiger partial charge in [-0.25, -0.2) is 18.2 Å². The van der Waals surface area contributed by atoms with E-state index in [9.17, 15) is 23.2 Å². The maximum atomic E-state index is 13.4. The lowest BCUT2D eigenvalue weighted by atomic mass is 9.97. The number of piperazine rings is 1. The summed E-state index contributed by atoms with van der Waals surface area (Å²) in [5.41, 5.74) is 2.73. The topological polar surface area (TPSA) is 119 Å². The number of hydrogen-bond acceptors (Lipinski definition) is 7. The molecule has 1 aromatic carbocycles. The predicted octanol–water partition coefficient (Wildman–Crippen LogP) is 1.54. The van der Waals surface area contributed by atoms with Crippen LogP contribution in [0.5, 0.6) is 0 Å². The molecule has 2 N–H and O–H groups in total. The van der Waals surface area contributed by atoms with Gasteiger partial charge in [0.05, 0.1) is 0 Å². The van der Waals surface area contributed by atoms with E-state index >= 15 is 0 Å². The first kappa shape index (κ1) is 27.3. The van der Waals surface area contributed by atoms with Gasteiger partial charge in [-0.1, -0.05) is 36.4 Å². The summed E-state index contributed by atoms with van der Waals surface area (Å²) in [6, 6.07) is 10.2. The summed E-state index contributed by atoms with van der Waals surface area (Å²) in [5, 5.41) is 9.19. The van der Waals surface area contributed by atoms with Crippen molar-refractivity contribution in [2.75, 3.05) is 57.4 Å². The first-order valence-corrected chi connectivity index (χ1v) is 14.3. The van der Waals surface area contributed by atoms with Crippen LogP contribution in [-0.4, -0.2) is 91.9 Å². The second-order valence-corrected chi connectivity index (χ2v) is 11.9. The number of anilines is 1. The Bertz CT molecular complexity index is 1090. The maximum absolute atomic E-state index is 13.4. The van der Waals surface area contributed by atoms with Gasteiger partial charge in [-0.2, -0.15) is 0 Å². The molecule has 0 spiro atoms. The smallest absolute Gasteiger partial charge is 0.266 e. The predicted molar refractivity (Wildman–Crippen MR) is 139 cm³/mol. The van der Waals surface area contributed by atoms with Crippen LogP contribution in [0.4, 0.5) is 5.69 Å². The number of carbonyl (C=O) groups is 2. The number of amides is 2. The molecule has 1 aromatic rings. The van der Waals surface area contributed by atoms with E-state index in [0.717, 1.165) is 13.1 Å². The molecule has 0 radical (unpaired) electrons. The van der Waals surface area contributed by atoms with Gasteiger partial charge in [0, 0.05) is 77.1 Å². The lowest BCUT2D eigenvalue weighted by Gasteiger charge is -2.40. The summed E-state index contributed by atoms with van der Waals surface area (Å²) in [5.74, 6) is -0.728. The van der Waals surface area contributed by atoms with Gasteiger partial charge in [0.1, 0.15) is 0 Å². The van der Waals surface area contributed by atoms with Crippen LogP contribution in [0.3, 0.4) is 0 Å². The maximum Gasteiger partial charge on any atom is 0.266 e. The summed E-state index contributed by atoms with van der Waals surface area (Å²) in [6.45, 7) is 3.86. The van der Waals surface area contributed by atoms with Crippen molar-refractivity contribution in [3.8, 4) is 0 Å². The molecule has 4 rings (SSSR count). The first-order valence-electron chi connectivity index (χ1n) is 12.8. The second-order valence-electron chi connectivity index (χ2n) is 9.68. The molecule has 0 bridgehead atoms. The van der Waals surface area contributed by atoms with Crippen molar-refractivity contribution in [1.82, 2.24) is 14.7 Å². The van der Waals surface area contributed by atoms with Gasteiger partial charge >= 0.3 is 0 Å². The van der Waals surface area contributed by atoms with Gasteiger partial charge < -0.3 is 14.5 Å². The lowest BCUT2D eigenvalue weighted by Crippen LogP contribution is -2.60. The molecular weight excluding hydrogens is 496 g/mol. The van der Waals surface area contributed by atoms with Crippen molar-refractivity contribution in [2.45, 2.75) is 30.4 Å². The zero-order chi connectivity index (χ0) is 26.3. The average Bonchev–Trinajstić information content (AvgIpc) is 2.96. The molecule has 3 aliphatic rings. The highest BCUT2D eigenvalue weighted by molar-refractivity contribution is 7.91. The molecule has 0 atom stereocenters. The molecule has 0 aromatic heterocycles. The molecule has 37 heavy (non-hydrogen) atoms. The Balaban J connectivity index is 1.24. The van der Waals surface area contributed by atoms with Crippen molar-refractivity contribution in [1.29, 1.82) is 0 Å². The minimum absolute atomic E-state index is 0.0119. The number of hydrogen-bond donors (Lipinski definition) is 2. The van der Waals surface area contributed by atoms with Gasteiger partial charge in [-0.3, -0.25) is 14.8 Å². The van der Waals surface area contributed by atoms with Crippen molar-refractivity contribution >= 4 is 27.5 Å². The quantitative estimate of drug-likeness (QED) is 0.237. The van der Waals surface area contributed by atoms with Gasteiger partial charge in [-0.05, 0) is 30.9 Å². The molecule has 0 unspecified atom stereocenters. The minimum atomic E-state index is -3.96. The zero-order valence-electron chi connectivity index (χ0n) is 21.0. The monoisotopic (exact) mass is 532 g/mol. The van der Waals surface area contributed by atoms with Crippen molar-refractivity contribution in [3.05, 3.63) is 54.6 Å². The van der Waals surface area contributed by atoms with E-state index in [4.69, 9.17) is 4.74 Å². The normalized spacial score (nSPS) is 22.0. The van der Waals surface area contributed by atoms with Crippen LogP contribution >= 0.6 is 0 Å². The highest BCUT2D eigenvalue weighted by atomic mass is 32.2. The highest BCUT2D eigenvalue weighted by Crippen LogP contribution is 2.35. The Labute approximate surface area is 218 Å². The van der Waals surface area contributed by atoms with Gasteiger partial charge in [0.2, 0.25) is 15.9 Å². The molecule has 11 heteroatoms. The Morgan fingerprint density at radius 2 is 1.62 bits per heavy atom. The van der Waals surface area contributed by atoms with E-state index < -0.39 is 20.7 Å². The summed E-state index contributed by atoms with van der Waals surface area (Å²) in [6.07, 6.45) is 8.45. The number of rotatable bonds is 7. The first-order chi connectivity index (χ1) is 17.9. The van der Waals surface area contributed by atoms with Crippen LogP contribution in [-0.2, 0) is 24.3 Å². The third-order valence-corrected chi connectivity index (χ3v) is 10.2. The number of hydroxylamine groups is 1. The van der Waals surface area contributed by atoms with Crippen molar-refractivity contribution in [2.24, 2.45) is 5.92 Å². The number of para-hydroxylation sites is 1. The third-order valence-electron chi connectivity index (χ3n) is 7.59. The Morgan fingerprint density at radius 1 is 0.973 bits per heavy atom. The molecule has 2 amide bonds. The van der Waals surface area contributed by atoms with E-state index in [1.807, 2.05) is 35.3 Å². The number of carbonyl (C=O) groups excluding carboxylic acids is 2. The van der Waals surface area contributed by atoms with Gasteiger partial charge in [0.25, 0.3) is 5.91 Å². The zero-order valence-corrected chi connectivity index (χ0v) is 21.8. The highest BCUT2D eigenvalue weighted by Gasteiger charge is 2.54. The molecule has 10 nitrogen and oxygen atoms in total. The number of sulfonamides is 1. The van der Waals surface area contributed by atoms with Crippen LogP contribution in [0.15, 0.2) is 54.6 Å². The van der Waals surface area contributed by atoms with Crippen molar-refractivity contribution in [3.63, 3.8) is 0 Å². The molecule has 3 fully saturated rings. The number of ether oxygens (including phenoxy) is 1. The van der Waals surface area contributed by atoms with Crippen LogP contribution in [0.25, 0.3) is 0 Å². The lowest BCUT2D eigenvalue weighted by molar-refractivity contribution is -0.134. The van der Waals surface area contributed by atoms with Crippen LogP contribution in [0.1, 0.15) is 25.7 Å². The largest absolute Gasteiger partial charge is 0.381 e. The van der Waals surface area contributed by atoms with E-state index in [1.54, 1.807) is 17.6 Å². The number of nitrogens with zero attached hydrogens (tertiary/aromatic N) is 3. The Kier molecular flexibility index (Phi) is 9.01. The minimum Gasteiger partial charge on any atom is -0.381 e. The van der Waals surface area contributed by atoms with Gasteiger partial charge in [0.15, 0.2) is 4.75 Å². The number of nitrogens with one attached hydrogen (secondary N) is 1. The molecule has 3 saturated heterocycles. The number of benzene rings is 1. The fourth-order valence-corrected chi connectivity index (χ4v) is 7.40. The molecule has 3 aliphatic heterocycles. The fraction of sp³-hybridized carbons (Fsp3) is 0.538. The van der Waals surface area contributed by atoms with E-state index in [2.05, 4.69) is 17.0 Å². The average molecular weight is 533 g/mol. The van der Waals surface area contributed by atoms with Gasteiger partial charge in [-0.15, -0.1) is 0 Å². The van der Waals surface area contributed by atoms with E-state index in [-0.39, 0.29) is 37.9 Å². The van der Waals surface area contributed by atoms with Crippen LogP contribution in [0.2, 0.25) is 0 Å². The third kappa shape index (κ3) is 6.06. The summed E-state index contributed by atoms with van der Waals surface area (Å²) < 4.78 is 31.7. The molecule has 3 heterocycles. The fourth-order valence-electron chi connectivity index (χ4n) is 5.25. The summed E-state index contributed by atoms with van der Waals surface area (Å²) in [4.78, 5) is 29.1. The van der Waals surface area contributed by atoms with Crippen LogP contribution < -0.4 is 10.4 Å². The standard InChI is InChI=1S/C26H36N4O6S/c31-24(29-18-16-28(17-19-29)23-7-2-1-3-8-23)9-5-4-6-22-10-14-30(15-11-22)37(34,35)26(25(32)27-33)12-20-36-21-13-26/h1-9,22,33H,10-21H2,(H,27,32)/b6-4+,9-5+. The number of allylic oxidation sites excluding steroid dienone is 3. The SMILES string of the molecule is O=C(/C=C/C=C/C1CCN(S(=O)(=O)C2(C(=O)NO)CCOCC2)CC1)N1CCN(c2ccccc2)CC1. The van der Waals surface area contributed by atoms with Crippen molar-refractivity contribution < 1.29 is 28.0 Å². The Hall–Kier alpha value is -2.73. The van der Waals surface area contributed by atoms with E-state index in [1.165, 1.54) is 9.99 Å². The molecule has 202 valence electrons. The number of piperidine rings is 1. The summed E-state index contributed by atoms with van der Waals surface area (Å²) >= 11 is 0. The molecule has 0 aliphatic carbocycles.